The first kappa shape index (κ1) is 22.0. The van der Waals surface area contributed by atoms with E-state index in [-0.39, 0.29) is 23.8 Å². The SMILES string of the molecule is O=C([C@@H]1CCCC[C@H]1c1nc2ccccc2s1)N1CCC(NS(=O)(=O)c2cccs2)CC1. The maximum atomic E-state index is 13.5. The quantitative estimate of drug-likeness (QED) is 0.568. The molecule has 1 amide bonds. The van der Waals surface area contributed by atoms with Crippen molar-refractivity contribution >= 4 is 48.8 Å². The molecule has 1 saturated heterocycles. The highest BCUT2D eigenvalue weighted by Crippen LogP contribution is 2.42. The number of sulfonamides is 1. The Bertz CT molecular complexity index is 1150. The highest BCUT2D eigenvalue weighted by atomic mass is 32.2. The third-order valence-electron chi connectivity index (χ3n) is 6.60. The van der Waals surface area contributed by atoms with Crippen LogP contribution < -0.4 is 4.72 Å². The molecule has 1 aliphatic carbocycles. The summed E-state index contributed by atoms with van der Waals surface area (Å²) in [7, 11) is -3.47. The second kappa shape index (κ2) is 9.21. The van der Waals surface area contributed by atoms with Gasteiger partial charge in [0.15, 0.2) is 0 Å². The van der Waals surface area contributed by atoms with Crippen LogP contribution in [0.5, 0.6) is 0 Å². The minimum atomic E-state index is -3.47. The van der Waals surface area contributed by atoms with Crippen LogP contribution >= 0.6 is 22.7 Å². The van der Waals surface area contributed by atoms with E-state index < -0.39 is 10.0 Å². The molecule has 2 fully saturated rings. The fourth-order valence-corrected chi connectivity index (χ4v) is 8.40. The van der Waals surface area contributed by atoms with Crippen LogP contribution in [0.1, 0.15) is 49.5 Å². The van der Waals surface area contributed by atoms with Crippen LogP contribution in [0.25, 0.3) is 10.2 Å². The minimum Gasteiger partial charge on any atom is -0.342 e. The summed E-state index contributed by atoms with van der Waals surface area (Å²) < 4.78 is 29.4. The van der Waals surface area contributed by atoms with Gasteiger partial charge in [-0.25, -0.2) is 18.1 Å². The Hall–Kier alpha value is -1.81. The molecule has 1 saturated carbocycles. The average Bonchev–Trinajstić information content (AvgIpc) is 3.49. The Morgan fingerprint density at radius 2 is 1.81 bits per heavy atom. The Labute approximate surface area is 196 Å². The van der Waals surface area contributed by atoms with E-state index in [1.165, 1.54) is 16.0 Å². The number of piperidine rings is 1. The molecule has 170 valence electrons. The van der Waals surface area contributed by atoms with Crippen molar-refractivity contribution in [3.63, 3.8) is 0 Å². The van der Waals surface area contributed by atoms with Gasteiger partial charge in [0.05, 0.1) is 15.2 Å². The van der Waals surface area contributed by atoms with Gasteiger partial charge >= 0.3 is 0 Å². The lowest BCUT2D eigenvalue weighted by Gasteiger charge is -2.37. The largest absolute Gasteiger partial charge is 0.342 e. The van der Waals surface area contributed by atoms with Crippen molar-refractivity contribution in [1.82, 2.24) is 14.6 Å². The van der Waals surface area contributed by atoms with Crippen molar-refractivity contribution in [2.45, 2.75) is 54.7 Å². The van der Waals surface area contributed by atoms with Gasteiger partial charge in [0.25, 0.3) is 0 Å². The van der Waals surface area contributed by atoms with Crippen molar-refractivity contribution in [1.29, 1.82) is 0 Å². The van der Waals surface area contributed by atoms with E-state index in [4.69, 9.17) is 4.98 Å². The van der Waals surface area contributed by atoms with E-state index in [0.717, 1.165) is 36.2 Å². The van der Waals surface area contributed by atoms with Crippen molar-refractivity contribution in [3.05, 3.63) is 46.8 Å². The summed E-state index contributed by atoms with van der Waals surface area (Å²) in [6, 6.07) is 11.4. The molecule has 32 heavy (non-hydrogen) atoms. The normalized spacial score (nSPS) is 22.9. The fraction of sp³-hybridized carbons (Fsp3) is 0.478. The summed E-state index contributed by atoms with van der Waals surface area (Å²) >= 11 is 2.94. The lowest BCUT2D eigenvalue weighted by atomic mass is 9.78. The van der Waals surface area contributed by atoms with Gasteiger partial charge < -0.3 is 4.90 Å². The van der Waals surface area contributed by atoms with Crippen LogP contribution in [0.15, 0.2) is 46.0 Å². The van der Waals surface area contributed by atoms with Crippen molar-refractivity contribution in [2.75, 3.05) is 13.1 Å². The molecule has 1 aromatic carbocycles. The predicted octanol–water partition coefficient (Wildman–Crippen LogP) is 4.60. The second-order valence-corrected chi connectivity index (χ2v) is 12.6. The molecule has 0 unspecified atom stereocenters. The summed E-state index contributed by atoms with van der Waals surface area (Å²) in [6.07, 6.45) is 5.42. The van der Waals surface area contributed by atoms with Crippen LogP contribution in [0, 0.1) is 5.92 Å². The predicted molar refractivity (Wildman–Crippen MR) is 129 cm³/mol. The molecule has 0 radical (unpaired) electrons. The van der Waals surface area contributed by atoms with Gasteiger partial charge in [-0.3, -0.25) is 4.79 Å². The van der Waals surface area contributed by atoms with Gasteiger partial charge in [0.1, 0.15) is 4.21 Å². The van der Waals surface area contributed by atoms with Gasteiger partial charge in [0.2, 0.25) is 15.9 Å². The lowest BCUT2D eigenvalue weighted by molar-refractivity contribution is -0.138. The molecule has 5 rings (SSSR count). The Morgan fingerprint density at radius 3 is 2.56 bits per heavy atom. The summed E-state index contributed by atoms with van der Waals surface area (Å²) in [5, 5.41) is 2.85. The number of thiophene rings is 1. The second-order valence-electron chi connectivity index (χ2n) is 8.67. The molecule has 2 atom stereocenters. The number of aromatic nitrogens is 1. The highest BCUT2D eigenvalue weighted by Gasteiger charge is 2.37. The lowest BCUT2D eigenvalue weighted by Crippen LogP contribution is -2.48. The molecule has 0 spiro atoms. The van der Waals surface area contributed by atoms with Crippen molar-refractivity contribution in [2.24, 2.45) is 5.92 Å². The molecule has 3 heterocycles. The molecule has 1 N–H and O–H groups in total. The molecule has 6 nitrogen and oxygen atoms in total. The van der Waals surface area contributed by atoms with Crippen LogP contribution in [0.4, 0.5) is 0 Å². The zero-order valence-electron chi connectivity index (χ0n) is 17.8. The molecular weight excluding hydrogens is 462 g/mol. The van der Waals surface area contributed by atoms with E-state index in [1.54, 1.807) is 28.8 Å². The zero-order valence-corrected chi connectivity index (χ0v) is 20.2. The maximum absolute atomic E-state index is 13.5. The van der Waals surface area contributed by atoms with Crippen LogP contribution in [0.3, 0.4) is 0 Å². The first-order valence-corrected chi connectivity index (χ1v) is 14.4. The molecular formula is C23H27N3O3S3. The number of benzene rings is 1. The minimum absolute atomic E-state index is 0.0244. The zero-order chi connectivity index (χ0) is 22.1. The third-order valence-corrected chi connectivity index (χ3v) is 10.7. The smallest absolute Gasteiger partial charge is 0.250 e. The first-order chi connectivity index (χ1) is 15.5. The number of rotatable bonds is 5. The number of hydrogen-bond donors (Lipinski definition) is 1. The van der Waals surface area contributed by atoms with E-state index in [9.17, 15) is 13.2 Å². The molecule has 2 aliphatic rings. The number of hydrogen-bond acceptors (Lipinski definition) is 6. The topological polar surface area (TPSA) is 79.4 Å². The first-order valence-electron chi connectivity index (χ1n) is 11.2. The van der Waals surface area contributed by atoms with Crippen LogP contribution in [-0.2, 0) is 14.8 Å². The number of fused-ring (bicyclic) bond motifs is 1. The Kier molecular flexibility index (Phi) is 6.33. The van der Waals surface area contributed by atoms with Gasteiger partial charge in [0, 0.05) is 31.0 Å². The monoisotopic (exact) mass is 489 g/mol. The van der Waals surface area contributed by atoms with Crippen LogP contribution in [0.2, 0.25) is 0 Å². The van der Waals surface area contributed by atoms with E-state index in [1.807, 2.05) is 23.1 Å². The number of nitrogens with one attached hydrogen (secondary N) is 1. The number of carbonyl (C=O) groups is 1. The summed E-state index contributed by atoms with van der Waals surface area (Å²) in [5.41, 5.74) is 1.02. The maximum Gasteiger partial charge on any atom is 0.250 e. The number of likely N-dealkylation sites (tertiary alicyclic amines) is 1. The van der Waals surface area contributed by atoms with E-state index in [0.29, 0.717) is 30.1 Å². The molecule has 3 aromatic rings. The Morgan fingerprint density at radius 1 is 1.03 bits per heavy atom. The van der Waals surface area contributed by atoms with Crippen LogP contribution in [-0.4, -0.2) is 43.3 Å². The van der Waals surface area contributed by atoms with E-state index >= 15 is 0 Å². The van der Waals surface area contributed by atoms with Gasteiger partial charge in [-0.15, -0.1) is 22.7 Å². The van der Waals surface area contributed by atoms with E-state index in [2.05, 4.69) is 10.8 Å². The third kappa shape index (κ3) is 4.48. The standard InChI is InChI=1S/C23H27N3O3S3/c27-23(26-13-11-16(12-14-26)25-32(28,29)21-10-5-15-30-21)18-7-2-1-6-17(18)22-24-19-8-3-4-9-20(19)31-22/h3-5,8-10,15-18,25H,1-2,6-7,11-14H2/t17-,18-/m1/s1. The summed E-state index contributed by atoms with van der Waals surface area (Å²) in [5.74, 6) is 0.376. The number of carbonyl (C=O) groups excluding carboxylic acids is 1. The summed E-state index contributed by atoms with van der Waals surface area (Å²) in [6.45, 7) is 1.19. The molecule has 1 aliphatic heterocycles. The van der Waals surface area contributed by atoms with Crippen molar-refractivity contribution < 1.29 is 13.2 Å². The Balaban J connectivity index is 1.24. The van der Waals surface area contributed by atoms with Gasteiger partial charge in [-0.1, -0.05) is 31.0 Å². The van der Waals surface area contributed by atoms with Gasteiger partial charge in [-0.05, 0) is 49.3 Å². The molecule has 9 heteroatoms. The average molecular weight is 490 g/mol. The fourth-order valence-electron chi connectivity index (χ4n) is 4.92. The van der Waals surface area contributed by atoms with Gasteiger partial charge in [-0.2, -0.15) is 0 Å². The number of thiazole rings is 1. The molecule has 2 aromatic heterocycles. The molecule has 0 bridgehead atoms. The van der Waals surface area contributed by atoms with Crippen molar-refractivity contribution in [3.8, 4) is 0 Å². The highest BCUT2D eigenvalue weighted by molar-refractivity contribution is 7.91. The number of nitrogens with zero attached hydrogens (tertiary/aromatic N) is 2. The number of para-hydroxylation sites is 1. The number of amides is 1. The summed E-state index contributed by atoms with van der Waals surface area (Å²) in [4.78, 5) is 20.3.